The molecule has 0 spiro atoms. The third-order valence-electron chi connectivity index (χ3n) is 6.05. The monoisotopic (exact) mass is 376 g/mol. The smallest absolute Gasteiger partial charge is 0.160 e. The van der Waals surface area contributed by atoms with Crippen LogP contribution in [0.5, 0.6) is 0 Å². The summed E-state index contributed by atoms with van der Waals surface area (Å²) in [6.45, 7) is 7.17. The summed E-state index contributed by atoms with van der Waals surface area (Å²) >= 11 is 0. The molecular formula is C22H28N6. The first-order chi connectivity index (χ1) is 13.9. The van der Waals surface area contributed by atoms with Gasteiger partial charge in [-0.25, -0.2) is 4.98 Å². The van der Waals surface area contributed by atoms with Crippen LogP contribution in [0.15, 0.2) is 48.8 Å². The Morgan fingerprint density at radius 2 is 2.04 bits per heavy atom. The van der Waals surface area contributed by atoms with Crippen molar-refractivity contribution in [3.05, 3.63) is 60.0 Å². The van der Waals surface area contributed by atoms with E-state index in [1.807, 2.05) is 6.20 Å². The molecular weight excluding hydrogens is 348 g/mol. The standard InChI is InChI=1S/C22H28N6/c1-2-5-18(6-3-1)19-7-4-10-26(17-19)13-14-27-11-9-24-22(27)21-15-20-16-23-8-12-28(20)25-21/h1-3,5-6,9,11,15,19,23H,4,7-8,10,12-14,16-17H2. The van der Waals surface area contributed by atoms with E-state index < -0.39 is 0 Å². The quantitative estimate of drug-likeness (QED) is 0.744. The Bertz CT molecular complexity index is 889. The predicted molar refractivity (Wildman–Crippen MR) is 110 cm³/mol. The molecule has 0 saturated carbocycles. The lowest BCUT2D eigenvalue weighted by molar-refractivity contribution is 0.201. The highest BCUT2D eigenvalue weighted by atomic mass is 15.3. The normalized spacial score (nSPS) is 20.2. The summed E-state index contributed by atoms with van der Waals surface area (Å²) in [5.74, 6) is 1.64. The molecule has 1 saturated heterocycles. The van der Waals surface area contributed by atoms with Crippen molar-refractivity contribution in [3.8, 4) is 11.5 Å². The van der Waals surface area contributed by atoms with Crippen molar-refractivity contribution in [2.24, 2.45) is 0 Å². The second-order valence-corrected chi connectivity index (χ2v) is 7.92. The van der Waals surface area contributed by atoms with Crippen molar-refractivity contribution < 1.29 is 0 Å². The van der Waals surface area contributed by atoms with E-state index in [1.165, 1.54) is 30.6 Å². The van der Waals surface area contributed by atoms with Crippen LogP contribution in [0, 0.1) is 0 Å². The van der Waals surface area contributed by atoms with Crippen molar-refractivity contribution in [1.82, 2.24) is 29.5 Å². The van der Waals surface area contributed by atoms with Gasteiger partial charge in [0, 0.05) is 45.1 Å². The van der Waals surface area contributed by atoms with Gasteiger partial charge in [0.15, 0.2) is 5.82 Å². The highest BCUT2D eigenvalue weighted by Gasteiger charge is 2.21. The lowest BCUT2D eigenvalue weighted by Gasteiger charge is -2.33. The minimum Gasteiger partial charge on any atom is -0.328 e. The molecule has 0 aliphatic carbocycles. The van der Waals surface area contributed by atoms with Gasteiger partial charge in [0.05, 0.1) is 12.2 Å². The highest BCUT2D eigenvalue weighted by Crippen LogP contribution is 2.27. The van der Waals surface area contributed by atoms with Crippen molar-refractivity contribution in [1.29, 1.82) is 0 Å². The Kier molecular flexibility index (Phi) is 4.97. The molecule has 0 radical (unpaired) electrons. The molecule has 1 fully saturated rings. The molecule has 2 aromatic heterocycles. The second-order valence-electron chi connectivity index (χ2n) is 7.92. The molecule has 1 aromatic carbocycles. The summed E-state index contributed by atoms with van der Waals surface area (Å²) in [4.78, 5) is 7.21. The number of nitrogens with one attached hydrogen (secondary N) is 1. The van der Waals surface area contributed by atoms with E-state index in [-0.39, 0.29) is 0 Å². The average molecular weight is 377 g/mol. The first kappa shape index (κ1) is 17.6. The second kappa shape index (κ2) is 7.89. The summed E-state index contributed by atoms with van der Waals surface area (Å²) in [6, 6.07) is 13.2. The van der Waals surface area contributed by atoms with Crippen molar-refractivity contribution >= 4 is 0 Å². The van der Waals surface area contributed by atoms with Gasteiger partial charge in [-0.1, -0.05) is 30.3 Å². The topological polar surface area (TPSA) is 50.9 Å². The molecule has 28 heavy (non-hydrogen) atoms. The molecule has 3 aromatic rings. The maximum atomic E-state index is 4.78. The van der Waals surface area contributed by atoms with E-state index in [1.54, 1.807) is 0 Å². The van der Waals surface area contributed by atoms with Gasteiger partial charge < -0.3 is 14.8 Å². The predicted octanol–water partition coefficient (Wildman–Crippen LogP) is 2.73. The SMILES string of the molecule is c1ccc(C2CCCN(CCn3ccnc3-c3cc4n(n3)CCNC4)C2)cc1. The third-order valence-corrected chi connectivity index (χ3v) is 6.05. The molecule has 2 aliphatic heterocycles. The Labute approximate surface area is 166 Å². The molecule has 1 unspecified atom stereocenters. The maximum Gasteiger partial charge on any atom is 0.160 e. The number of rotatable bonds is 5. The molecule has 6 heteroatoms. The van der Waals surface area contributed by atoms with Crippen LogP contribution in [0.3, 0.4) is 0 Å². The number of nitrogens with zero attached hydrogens (tertiary/aromatic N) is 5. The van der Waals surface area contributed by atoms with E-state index in [0.29, 0.717) is 5.92 Å². The lowest BCUT2D eigenvalue weighted by Crippen LogP contribution is -2.36. The number of likely N-dealkylation sites (tertiary alicyclic amines) is 1. The Hall–Kier alpha value is -2.44. The number of imidazole rings is 1. The molecule has 1 atom stereocenters. The van der Waals surface area contributed by atoms with E-state index in [0.717, 1.165) is 50.8 Å². The van der Waals surface area contributed by atoms with Crippen LogP contribution < -0.4 is 5.32 Å². The molecule has 5 rings (SSSR count). The van der Waals surface area contributed by atoms with Crippen LogP contribution in [0.2, 0.25) is 0 Å². The molecule has 146 valence electrons. The molecule has 4 heterocycles. The minimum absolute atomic E-state index is 0.657. The van der Waals surface area contributed by atoms with Gasteiger partial charge in [0.2, 0.25) is 0 Å². The Morgan fingerprint density at radius 3 is 2.93 bits per heavy atom. The minimum atomic E-state index is 0.657. The molecule has 0 bridgehead atoms. The van der Waals surface area contributed by atoms with Gasteiger partial charge in [0.25, 0.3) is 0 Å². The van der Waals surface area contributed by atoms with E-state index in [9.17, 15) is 0 Å². The highest BCUT2D eigenvalue weighted by molar-refractivity contribution is 5.50. The van der Waals surface area contributed by atoms with E-state index in [4.69, 9.17) is 5.10 Å². The summed E-state index contributed by atoms with van der Waals surface area (Å²) in [5, 5.41) is 8.19. The summed E-state index contributed by atoms with van der Waals surface area (Å²) in [5.41, 5.74) is 3.72. The van der Waals surface area contributed by atoms with Gasteiger partial charge >= 0.3 is 0 Å². The van der Waals surface area contributed by atoms with Gasteiger partial charge in [-0.2, -0.15) is 5.10 Å². The fourth-order valence-corrected chi connectivity index (χ4v) is 4.53. The lowest BCUT2D eigenvalue weighted by atomic mass is 9.91. The zero-order valence-electron chi connectivity index (χ0n) is 16.3. The van der Waals surface area contributed by atoms with Crippen LogP contribution >= 0.6 is 0 Å². The molecule has 2 aliphatic rings. The van der Waals surface area contributed by atoms with Crippen molar-refractivity contribution in [3.63, 3.8) is 0 Å². The zero-order valence-corrected chi connectivity index (χ0v) is 16.3. The van der Waals surface area contributed by atoms with Crippen LogP contribution in [-0.2, 0) is 19.6 Å². The fraction of sp³-hybridized carbons (Fsp3) is 0.455. The van der Waals surface area contributed by atoms with Crippen molar-refractivity contribution in [2.75, 3.05) is 26.2 Å². The first-order valence-corrected chi connectivity index (χ1v) is 10.4. The molecule has 1 N–H and O–H groups in total. The van der Waals surface area contributed by atoms with Crippen molar-refractivity contribution in [2.45, 2.75) is 38.4 Å². The van der Waals surface area contributed by atoms with Gasteiger partial charge in [-0.05, 0) is 36.9 Å². The molecule has 6 nitrogen and oxygen atoms in total. The number of hydrogen-bond donors (Lipinski definition) is 1. The number of aromatic nitrogens is 4. The fourth-order valence-electron chi connectivity index (χ4n) is 4.53. The van der Waals surface area contributed by atoms with Gasteiger partial charge in [0.1, 0.15) is 5.69 Å². The van der Waals surface area contributed by atoms with Gasteiger partial charge in [-0.15, -0.1) is 0 Å². The number of piperidine rings is 1. The van der Waals surface area contributed by atoms with Gasteiger partial charge in [-0.3, -0.25) is 4.68 Å². The van der Waals surface area contributed by atoms with Crippen LogP contribution in [0.1, 0.15) is 30.0 Å². The van der Waals surface area contributed by atoms with Crippen LogP contribution in [-0.4, -0.2) is 50.4 Å². The summed E-state index contributed by atoms with van der Waals surface area (Å²) in [6.07, 6.45) is 6.56. The van der Waals surface area contributed by atoms with Crippen LogP contribution in [0.25, 0.3) is 11.5 Å². The Balaban J connectivity index is 1.25. The first-order valence-electron chi connectivity index (χ1n) is 10.4. The molecule has 0 amide bonds. The average Bonchev–Trinajstić information content (AvgIpc) is 3.39. The summed E-state index contributed by atoms with van der Waals surface area (Å²) in [7, 11) is 0. The Morgan fingerprint density at radius 1 is 1.11 bits per heavy atom. The number of hydrogen-bond acceptors (Lipinski definition) is 4. The number of benzene rings is 1. The van der Waals surface area contributed by atoms with Crippen LogP contribution in [0.4, 0.5) is 0 Å². The van der Waals surface area contributed by atoms with E-state index >= 15 is 0 Å². The summed E-state index contributed by atoms with van der Waals surface area (Å²) < 4.78 is 4.37. The third kappa shape index (κ3) is 3.62. The van der Waals surface area contributed by atoms with E-state index in [2.05, 4.69) is 67.0 Å². The number of fused-ring (bicyclic) bond motifs is 1. The zero-order chi connectivity index (χ0) is 18.8. The largest absolute Gasteiger partial charge is 0.328 e. The maximum absolute atomic E-state index is 4.78.